The molecule has 9 aromatic rings. The van der Waals surface area contributed by atoms with Gasteiger partial charge in [-0.25, -0.2) is 9.37 Å². The van der Waals surface area contributed by atoms with E-state index in [1.807, 2.05) is 72.9 Å². The van der Waals surface area contributed by atoms with Gasteiger partial charge in [0.05, 0.1) is 35.9 Å². The first-order chi connectivity index (χ1) is 23.9. The van der Waals surface area contributed by atoms with Crippen LogP contribution in [0, 0.1) is 17.9 Å². The molecule has 0 aliphatic carbocycles. The van der Waals surface area contributed by atoms with Gasteiger partial charge in [0, 0.05) is 43.6 Å². The quantitative estimate of drug-likeness (QED) is 0.131. The first kappa shape index (κ1) is 33.2. The van der Waals surface area contributed by atoms with Crippen molar-refractivity contribution in [2.24, 2.45) is 0 Å². The zero-order valence-electron chi connectivity index (χ0n) is 27.6. The van der Waals surface area contributed by atoms with Crippen molar-refractivity contribution in [1.82, 2.24) is 19.5 Å². The van der Waals surface area contributed by atoms with E-state index in [1.165, 1.54) is 17.4 Å². The maximum atomic E-state index is 14.6. The molecule has 4 aromatic heterocycles. The zero-order valence-corrected chi connectivity index (χ0v) is 31.0. The Hall–Kier alpha value is -5.27. The molecule has 0 spiro atoms. The molecule has 1 radical (unpaired) electrons. The Morgan fingerprint density at radius 1 is 0.740 bits per heavy atom. The number of furan rings is 1. The van der Waals surface area contributed by atoms with Gasteiger partial charge in [-0.1, -0.05) is 91.3 Å². The van der Waals surface area contributed by atoms with Crippen LogP contribution >= 0.6 is 0 Å². The average Bonchev–Trinajstić information content (AvgIpc) is 3.71. The summed E-state index contributed by atoms with van der Waals surface area (Å²) in [6.45, 7) is 7.00. The number of aromatic nitrogens is 4. The molecule has 8 heteroatoms. The van der Waals surface area contributed by atoms with Gasteiger partial charge in [-0.05, 0) is 40.5 Å². The molecule has 0 amide bonds. The molecule has 5 nitrogen and oxygen atoms in total. The summed E-state index contributed by atoms with van der Waals surface area (Å²) in [5.41, 5.74) is 6.32. The van der Waals surface area contributed by atoms with E-state index in [0.717, 1.165) is 38.8 Å². The Bertz CT molecular complexity index is 2610. The minimum Gasteiger partial charge on any atom is -0.486 e. The Labute approximate surface area is 303 Å². The Morgan fingerprint density at radius 2 is 1.54 bits per heavy atom. The van der Waals surface area contributed by atoms with Gasteiger partial charge in [0.25, 0.3) is 0 Å². The molecular formula is C42H31FIrN4OSi-2. The van der Waals surface area contributed by atoms with Crippen LogP contribution in [-0.4, -0.2) is 27.6 Å². The van der Waals surface area contributed by atoms with Gasteiger partial charge < -0.3 is 14.0 Å². The van der Waals surface area contributed by atoms with E-state index in [0.29, 0.717) is 27.7 Å². The van der Waals surface area contributed by atoms with Gasteiger partial charge >= 0.3 is 0 Å². The number of rotatable bonds is 4. The summed E-state index contributed by atoms with van der Waals surface area (Å²) in [4.78, 5) is 13.7. The van der Waals surface area contributed by atoms with Crippen molar-refractivity contribution in [3.8, 4) is 28.3 Å². The van der Waals surface area contributed by atoms with Crippen molar-refractivity contribution in [3.63, 3.8) is 0 Å². The fraction of sp³-hybridized carbons (Fsp3) is 0.0714. The van der Waals surface area contributed by atoms with Crippen LogP contribution in [0.1, 0.15) is 0 Å². The molecule has 0 bridgehead atoms. The van der Waals surface area contributed by atoms with Crippen molar-refractivity contribution in [2.45, 2.75) is 19.6 Å². The molecule has 9 rings (SSSR count). The second kappa shape index (κ2) is 13.6. The molecule has 50 heavy (non-hydrogen) atoms. The van der Waals surface area contributed by atoms with Gasteiger partial charge in [-0.3, -0.25) is 4.98 Å². The minimum atomic E-state index is -1.23. The first-order valence-electron chi connectivity index (χ1n) is 16.1. The molecule has 0 saturated carbocycles. The second-order valence-electron chi connectivity index (χ2n) is 12.9. The first-order valence-corrected chi connectivity index (χ1v) is 19.6. The summed E-state index contributed by atoms with van der Waals surface area (Å²) in [6, 6.07) is 46.2. The van der Waals surface area contributed by atoms with Crippen molar-refractivity contribution in [2.75, 3.05) is 0 Å². The summed E-state index contributed by atoms with van der Waals surface area (Å²) in [6.07, 6.45) is 3.43. The third kappa shape index (κ3) is 6.07. The van der Waals surface area contributed by atoms with E-state index in [2.05, 4.69) is 82.7 Å². The normalized spacial score (nSPS) is 11.4. The average molecular weight is 847 g/mol. The minimum absolute atomic E-state index is 0. The molecule has 0 saturated heterocycles. The molecular weight excluding hydrogens is 816 g/mol. The molecule has 0 atom stereocenters. The maximum absolute atomic E-state index is 14.6. The molecule has 4 heterocycles. The molecule has 0 fully saturated rings. The number of para-hydroxylation sites is 2. The van der Waals surface area contributed by atoms with Crippen molar-refractivity contribution in [1.29, 1.82) is 0 Å². The van der Waals surface area contributed by atoms with Crippen LogP contribution in [0.5, 0.6) is 0 Å². The van der Waals surface area contributed by atoms with Crippen molar-refractivity contribution >= 4 is 57.1 Å². The summed E-state index contributed by atoms with van der Waals surface area (Å²) in [7, 11) is -1.23. The number of halogens is 1. The Balaban J connectivity index is 0.000000196. The van der Waals surface area contributed by atoms with Gasteiger partial charge in [-0.2, -0.15) is 0 Å². The summed E-state index contributed by atoms with van der Waals surface area (Å²) < 4.78 is 22.8. The van der Waals surface area contributed by atoms with Crippen LogP contribution in [0.15, 0.2) is 138 Å². The van der Waals surface area contributed by atoms with Crippen molar-refractivity contribution in [3.05, 3.63) is 152 Å². The molecule has 0 N–H and O–H groups in total. The van der Waals surface area contributed by atoms with Crippen LogP contribution < -0.4 is 5.19 Å². The smallest absolute Gasteiger partial charge is 0.219 e. The summed E-state index contributed by atoms with van der Waals surface area (Å²) in [5, 5.41) is 4.66. The standard InChI is InChI=1S/C28H15FN3O.C14H16NSi.Ir/c29-21-15-16-30-28-25(21)19-10-6-11-20(26(19)33-28)27-31-22-12-3-4-13-24(22)32(27)23-14-5-8-17-7-1-2-9-18(17)23;1-16(2,3)13-9-10-14(15-11-13)12-7-5-4-6-8-12;/h1-10,12-16H;4-7,9-11H,1-3H3;/q2*-1;. The van der Waals surface area contributed by atoms with Gasteiger partial charge in [0.1, 0.15) is 5.82 Å². The van der Waals surface area contributed by atoms with Crippen LogP contribution in [0.25, 0.3) is 72.2 Å². The summed E-state index contributed by atoms with van der Waals surface area (Å²) >= 11 is 0. The van der Waals surface area contributed by atoms with E-state index in [-0.39, 0.29) is 31.6 Å². The largest absolute Gasteiger partial charge is 0.486 e. The molecule has 0 unspecified atom stereocenters. The predicted octanol–water partition coefficient (Wildman–Crippen LogP) is 10.2. The predicted molar refractivity (Wildman–Crippen MR) is 199 cm³/mol. The van der Waals surface area contributed by atoms with Gasteiger partial charge in [0.15, 0.2) is 0 Å². The van der Waals surface area contributed by atoms with Crippen LogP contribution in [0.2, 0.25) is 19.6 Å². The zero-order chi connectivity index (χ0) is 33.5. The number of fused-ring (bicyclic) bond motifs is 5. The third-order valence-corrected chi connectivity index (χ3v) is 10.7. The Kier molecular flexibility index (Phi) is 9.01. The van der Waals surface area contributed by atoms with Crippen molar-refractivity contribution < 1.29 is 28.9 Å². The van der Waals surface area contributed by atoms with E-state index < -0.39 is 8.07 Å². The number of hydrogen-bond acceptors (Lipinski definition) is 4. The molecule has 0 aliphatic heterocycles. The molecule has 5 aromatic carbocycles. The molecule has 247 valence electrons. The van der Waals surface area contributed by atoms with E-state index in [1.54, 1.807) is 12.1 Å². The van der Waals surface area contributed by atoms with Crippen LogP contribution in [0.4, 0.5) is 4.39 Å². The topological polar surface area (TPSA) is 56.7 Å². The fourth-order valence-corrected chi connectivity index (χ4v) is 7.22. The summed E-state index contributed by atoms with van der Waals surface area (Å²) in [5.74, 6) is 0.316. The number of pyridine rings is 2. The second-order valence-corrected chi connectivity index (χ2v) is 18.0. The van der Waals surface area contributed by atoms with E-state index >= 15 is 0 Å². The van der Waals surface area contributed by atoms with Gasteiger partial charge in [0.2, 0.25) is 5.71 Å². The van der Waals surface area contributed by atoms with E-state index in [4.69, 9.17) is 9.40 Å². The SMILES string of the molecule is C[Si](C)(C)c1ccc(-c2[c-]cccc2)nc1.Fc1ccnc2oc3c(-c4nc5ccccc5n4-c4cccc5ccccc45)[c-]ccc3c12.[Ir]. The number of nitrogens with zero attached hydrogens (tertiary/aromatic N) is 4. The fourth-order valence-electron chi connectivity index (χ4n) is 6.18. The maximum Gasteiger partial charge on any atom is 0.219 e. The van der Waals surface area contributed by atoms with E-state index in [9.17, 15) is 4.39 Å². The monoisotopic (exact) mass is 847 g/mol. The number of benzene rings is 5. The van der Waals surface area contributed by atoms with Gasteiger partial charge in [-0.15, -0.1) is 54.1 Å². The molecule has 0 aliphatic rings. The Morgan fingerprint density at radius 3 is 2.34 bits per heavy atom. The van der Waals surface area contributed by atoms with Crippen LogP contribution in [0.3, 0.4) is 0 Å². The van der Waals surface area contributed by atoms with Crippen LogP contribution in [-0.2, 0) is 20.1 Å². The third-order valence-electron chi connectivity index (χ3n) is 8.69. The number of imidazole rings is 1. The number of hydrogen-bond donors (Lipinski definition) is 0.